The van der Waals surface area contributed by atoms with Crippen molar-refractivity contribution in [3.05, 3.63) is 35.9 Å². The van der Waals surface area contributed by atoms with Crippen molar-refractivity contribution in [1.29, 1.82) is 0 Å². The molecule has 0 spiro atoms. The first-order valence-electron chi connectivity index (χ1n) is 7.02. The first-order chi connectivity index (χ1) is 9.43. The predicted molar refractivity (Wildman–Crippen MR) is 76.0 cm³/mol. The maximum atomic E-state index is 12.4. The summed E-state index contributed by atoms with van der Waals surface area (Å²) in [4.78, 5) is 25.7. The number of nitrogens with zero attached hydrogens (tertiary/aromatic N) is 1. The van der Waals surface area contributed by atoms with Crippen LogP contribution in [0.4, 0.5) is 4.79 Å². The Balaban J connectivity index is 2.21. The molecule has 0 N–H and O–H groups in total. The monoisotopic (exact) mass is 275 g/mol. The molecule has 20 heavy (non-hydrogen) atoms. The van der Waals surface area contributed by atoms with E-state index in [9.17, 15) is 9.59 Å². The highest BCUT2D eigenvalue weighted by molar-refractivity contribution is 5.95. The van der Waals surface area contributed by atoms with E-state index in [1.54, 1.807) is 0 Å². The molecule has 0 aliphatic carbocycles. The normalized spacial score (nSPS) is 23.9. The third-order valence-corrected chi connectivity index (χ3v) is 4.02. The summed E-state index contributed by atoms with van der Waals surface area (Å²) < 4.78 is 5.39. The smallest absolute Gasteiger partial charge is 0.417 e. The van der Waals surface area contributed by atoms with E-state index >= 15 is 0 Å². The Kier molecular flexibility index (Phi) is 4.12. The van der Waals surface area contributed by atoms with E-state index in [2.05, 4.69) is 0 Å². The van der Waals surface area contributed by atoms with Crippen LogP contribution in [-0.2, 0) is 9.53 Å². The lowest BCUT2D eigenvalue weighted by Crippen LogP contribution is -2.42. The summed E-state index contributed by atoms with van der Waals surface area (Å²) in [5.74, 6) is -0.159. The summed E-state index contributed by atoms with van der Waals surface area (Å²) in [5, 5.41) is 0. The van der Waals surface area contributed by atoms with Crippen LogP contribution in [0.15, 0.2) is 30.3 Å². The number of ether oxygens (including phenoxy) is 1. The van der Waals surface area contributed by atoms with E-state index in [0.717, 1.165) is 5.56 Å². The maximum Gasteiger partial charge on any atom is 0.417 e. The van der Waals surface area contributed by atoms with E-state index in [4.69, 9.17) is 4.74 Å². The van der Waals surface area contributed by atoms with E-state index in [0.29, 0.717) is 0 Å². The summed E-state index contributed by atoms with van der Waals surface area (Å²) in [6.07, 6.45) is -0.920. The summed E-state index contributed by atoms with van der Waals surface area (Å²) >= 11 is 0. The SMILES string of the molecule is CC(C)[C@@H](C)C(=O)N1C(=O)O[C@@H](c2ccccc2)[C@H]1C. The van der Waals surface area contributed by atoms with Gasteiger partial charge in [-0.3, -0.25) is 4.79 Å². The molecule has 1 aliphatic rings. The first-order valence-corrected chi connectivity index (χ1v) is 7.02. The highest BCUT2D eigenvalue weighted by Crippen LogP contribution is 2.33. The number of cyclic esters (lactones) is 1. The molecule has 0 aromatic heterocycles. The second-order valence-electron chi connectivity index (χ2n) is 5.70. The zero-order chi connectivity index (χ0) is 14.9. The maximum absolute atomic E-state index is 12.4. The molecule has 4 nitrogen and oxygen atoms in total. The number of carbonyl (C=O) groups is 2. The van der Waals surface area contributed by atoms with Gasteiger partial charge >= 0.3 is 6.09 Å². The summed E-state index contributed by atoms with van der Waals surface area (Å²) in [5.41, 5.74) is 0.917. The lowest BCUT2D eigenvalue weighted by Gasteiger charge is -2.24. The minimum absolute atomic E-state index is 0.157. The molecular formula is C16H21NO3. The van der Waals surface area contributed by atoms with Crippen LogP contribution >= 0.6 is 0 Å². The quantitative estimate of drug-likeness (QED) is 0.849. The molecule has 1 aromatic carbocycles. The Morgan fingerprint density at radius 2 is 1.80 bits per heavy atom. The van der Waals surface area contributed by atoms with Gasteiger partial charge in [0.1, 0.15) is 6.10 Å². The van der Waals surface area contributed by atoms with Crippen molar-refractivity contribution in [3.63, 3.8) is 0 Å². The van der Waals surface area contributed by atoms with Crippen molar-refractivity contribution in [1.82, 2.24) is 4.90 Å². The number of amides is 2. The number of benzene rings is 1. The van der Waals surface area contributed by atoms with Gasteiger partial charge in [-0.05, 0) is 18.4 Å². The summed E-state index contributed by atoms with van der Waals surface area (Å²) in [7, 11) is 0. The van der Waals surface area contributed by atoms with Crippen LogP contribution in [0, 0.1) is 11.8 Å². The molecule has 3 atom stereocenters. The highest BCUT2D eigenvalue weighted by Gasteiger charge is 2.44. The number of hydrogen-bond donors (Lipinski definition) is 0. The van der Waals surface area contributed by atoms with Gasteiger partial charge in [0.05, 0.1) is 6.04 Å². The van der Waals surface area contributed by atoms with Gasteiger partial charge in [-0.25, -0.2) is 9.69 Å². The molecule has 1 aliphatic heterocycles. The number of imide groups is 1. The molecule has 0 unspecified atom stereocenters. The molecule has 0 bridgehead atoms. The molecular weight excluding hydrogens is 254 g/mol. The Hall–Kier alpha value is -1.84. The van der Waals surface area contributed by atoms with Gasteiger partial charge in [0.15, 0.2) is 0 Å². The van der Waals surface area contributed by atoms with Crippen molar-refractivity contribution in [2.45, 2.75) is 39.8 Å². The zero-order valence-corrected chi connectivity index (χ0v) is 12.4. The fourth-order valence-electron chi connectivity index (χ4n) is 2.35. The third kappa shape index (κ3) is 2.55. The van der Waals surface area contributed by atoms with Gasteiger partial charge in [0, 0.05) is 5.92 Å². The first kappa shape index (κ1) is 14.6. The van der Waals surface area contributed by atoms with Gasteiger partial charge in [-0.2, -0.15) is 0 Å². The van der Waals surface area contributed by atoms with E-state index in [1.165, 1.54) is 4.90 Å². The lowest BCUT2D eigenvalue weighted by molar-refractivity contribution is -0.134. The van der Waals surface area contributed by atoms with Crippen molar-refractivity contribution in [2.24, 2.45) is 11.8 Å². The predicted octanol–water partition coefficient (Wildman–Crippen LogP) is 3.39. The molecule has 1 heterocycles. The van der Waals surface area contributed by atoms with E-state index in [-0.39, 0.29) is 29.9 Å². The minimum atomic E-state index is -0.538. The van der Waals surface area contributed by atoms with Crippen LogP contribution in [0.3, 0.4) is 0 Å². The van der Waals surface area contributed by atoms with Crippen LogP contribution < -0.4 is 0 Å². The van der Waals surface area contributed by atoms with Crippen molar-refractivity contribution in [2.75, 3.05) is 0 Å². The highest BCUT2D eigenvalue weighted by atomic mass is 16.6. The largest absolute Gasteiger partial charge is 0.439 e. The molecule has 1 aromatic rings. The minimum Gasteiger partial charge on any atom is -0.439 e. The standard InChI is InChI=1S/C16H21NO3/c1-10(2)11(3)15(18)17-12(4)14(20-16(17)19)13-8-6-5-7-9-13/h5-12,14H,1-4H3/t11-,12-,14-/m1/s1. The van der Waals surface area contributed by atoms with Crippen LogP contribution in [0.1, 0.15) is 39.4 Å². The van der Waals surface area contributed by atoms with Crippen LogP contribution in [0.25, 0.3) is 0 Å². The number of rotatable bonds is 3. The molecule has 1 saturated heterocycles. The molecule has 1 fully saturated rings. The van der Waals surface area contributed by atoms with Gasteiger partial charge in [0.2, 0.25) is 5.91 Å². The fraction of sp³-hybridized carbons (Fsp3) is 0.500. The average Bonchev–Trinajstić information content (AvgIpc) is 2.73. The Labute approximate surface area is 119 Å². The molecule has 2 amide bonds. The second kappa shape index (κ2) is 5.65. The Morgan fingerprint density at radius 1 is 1.20 bits per heavy atom. The van der Waals surface area contributed by atoms with Crippen LogP contribution in [-0.4, -0.2) is 22.9 Å². The number of hydrogen-bond acceptors (Lipinski definition) is 3. The summed E-state index contributed by atoms with van der Waals surface area (Å²) in [6.45, 7) is 7.66. The molecule has 4 heteroatoms. The average molecular weight is 275 g/mol. The fourth-order valence-corrected chi connectivity index (χ4v) is 2.35. The Morgan fingerprint density at radius 3 is 2.35 bits per heavy atom. The van der Waals surface area contributed by atoms with Crippen molar-refractivity contribution >= 4 is 12.0 Å². The molecule has 0 saturated carbocycles. The van der Waals surface area contributed by atoms with Gasteiger partial charge < -0.3 is 4.74 Å². The van der Waals surface area contributed by atoms with Crippen molar-refractivity contribution < 1.29 is 14.3 Å². The number of carbonyl (C=O) groups excluding carboxylic acids is 2. The Bertz CT molecular complexity index is 498. The van der Waals surface area contributed by atoms with E-state index in [1.807, 2.05) is 58.0 Å². The molecule has 2 rings (SSSR count). The zero-order valence-electron chi connectivity index (χ0n) is 12.4. The van der Waals surface area contributed by atoms with Gasteiger partial charge in [-0.1, -0.05) is 51.1 Å². The van der Waals surface area contributed by atoms with Crippen LogP contribution in [0.2, 0.25) is 0 Å². The third-order valence-electron chi connectivity index (χ3n) is 4.02. The van der Waals surface area contributed by atoms with Crippen molar-refractivity contribution in [3.8, 4) is 0 Å². The van der Waals surface area contributed by atoms with Gasteiger partial charge in [-0.15, -0.1) is 0 Å². The van der Waals surface area contributed by atoms with Crippen LogP contribution in [0.5, 0.6) is 0 Å². The second-order valence-corrected chi connectivity index (χ2v) is 5.70. The van der Waals surface area contributed by atoms with E-state index < -0.39 is 6.09 Å². The lowest BCUT2D eigenvalue weighted by atomic mass is 9.95. The topological polar surface area (TPSA) is 46.6 Å². The summed E-state index contributed by atoms with van der Waals surface area (Å²) in [6, 6.07) is 9.25. The molecule has 0 radical (unpaired) electrons. The van der Waals surface area contributed by atoms with Gasteiger partial charge in [0.25, 0.3) is 0 Å². The molecule has 108 valence electrons.